The second-order valence-corrected chi connectivity index (χ2v) is 5.86. The summed E-state index contributed by atoms with van der Waals surface area (Å²) in [5, 5.41) is 0. The SMILES string of the molecule is CN(CC1CCCOC1)C1(CN)CCCOCC1. The van der Waals surface area contributed by atoms with Crippen molar-refractivity contribution >= 4 is 0 Å². The number of nitrogens with two attached hydrogens (primary N) is 1. The van der Waals surface area contributed by atoms with E-state index >= 15 is 0 Å². The molecule has 2 saturated heterocycles. The summed E-state index contributed by atoms with van der Waals surface area (Å²) >= 11 is 0. The molecule has 106 valence electrons. The predicted octanol–water partition coefficient (Wildman–Crippen LogP) is 1.24. The van der Waals surface area contributed by atoms with E-state index in [-0.39, 0.29) is 5.54 Å². The van der Waals surface area contributed by atoms with Gasteiger partial charge in [0.25, 0.3) is 0 Å². The Morgan fingerprint density at radius 1 is 1.17 bits per heavy atom. The first kappa shape index (κ1) is 14.3. The summed E-state index contributed by atoms with van der Waals surface area (Å²) in [7, 11) is 2.23. The van der Waals surface area contributed by atoms with E-state index in [9.17, 15) is 0 Å². The molecule has 2 aliphatic heterocycles. The second kappa shape index (κ2) is 6.85. The van der Waals surface area contributed by atoms with Crippen LogP contribution in [-0.2, 0) is 9.47 Å². The number of hydrogen-bond acceptors (Lipinski definition) is 4. The highest BCUT2D eigenvalue weighted by Gasteiger charge is 2.35. The van der Waals surface area contributed by atoms with Gasteiger partial charge in [-0.15, -0.1) is 0 Å². The predicted molar refractivity (Wildman–Crippen MR) is 72.6 cm³/mol. The van der Waals surface area contributed by atoms with Crippen LogP contribution in [0.1, 0.15) is 32.1 Å². The third kappa shape index (κ3) is 3.44. The summed E-state index contributed by atoms with van der Waals surface area (Å²) in [4.78, 5) is 2.49. The van der Waals surface area contributed by atoms with E-state index in [1.165, 1.54) is 12.8 Å². The molecule has 2 atom stereocenters. The Hall–Kier alpha value is -0.160. The van der Waals surface area contributed by atoms with Crippen molar-refractivity contribution in [3.63, 3.8) is 0 Å². The Morgan fingerprint density at radius 3 is 2.72 bits per heavy atom. The molecule has 0 aliphatic carbocycles. The molecule has 2 fully saturated rings. The Balaban J connectivity index is 1.92. The van der Waals surface area contributed by atoms with E-state index in [1.54, 1.807) is 0 Å². The van der Waals surface area contributed by atoms with Gasteiger partial charge in [-0.3, -0.25) is 4.90 Å². The Labute approximate surface area is 111 Å². The maximum Gasteiger partial charge on any atom is 0.0506 e. The molecule has 2 aliphatic rings. The fourth-order valence-electron chi connectivity index (χ4n) is 3.27. The lowest BCUT2D eigenvalue weighted by atomic mass is 9.87. The van der Waals surface area contributed by atoms with Crippen LogP contribution in [0.4, 0.5) is 0 Å². The molecule has 2 rings (SSSR count). The zero-order valence-corrected chi connectivity index (χ0v) is 11.7. The number of rotatable bonds is 4. The lowest BCUT2D eigenvalue weighted by Gasteiger charge is -2.42. The summed E-state index contributed by atoms with van der Waals surface area (Å²) in [6.07, 6.45) is 5.85. The maximum absolute atomic E-state index is 6.09. The maximum atomic E-state index is 6.09. The van der Waals surface area contributed by atoms with Crippen molar-refractivity contribution < 1.29 is 9.47 Å². The van der Waals surface area contributed by atoms with Crippen LogP contribution >= 0.6 is 0 Å². The van der Waals surface area contributed by atoms with Gasteiger partial charge in [-0.1, -0.05) is 0 Å². The number of ether oxygens (including phenoxy) is 2. The second-order valence-electron chi connectivity index (χ2n) is 5.86. The van der Waals surface area contributed by atoms with Gasteiger partial charge in [-0.25, -0.2) is 0 Å². The smallest absolute Gasteiger partial charge is 0.0506 e. The number of hydrogen-bond donors (Lipinski definition) is 1. The topological polar surface area (TPSA) is 47.7 Å². The summed E-state index contributed by atoms with van der Waals surface area (Å²) < 4.78 is 11.2. The first-order chi connectivity index (χ1) is 8.77. The molecule has 2 unspecified atom stereocenters. The van der Waals surface area contributed by atoms with Gasteiger partial charge in [0.2, 0.25) is 0 Å². The molecule has 0 aromatic heterocycles. The average Bonchev–Trinajstić information content (AvgIpc) is 2.66. The van der Waals surface area contributed by atoms with Gasteiger partial charge >= 0.3 is 0 Å². The van der Waals surface area contributed by atoms with Crippen LogP contribution < -0.4 is 5.73 Å². The number of likely N-dealkylation sites (N-methyl/N-ethyl adjacent to an activating group) is 1. The Morgan fingerprint density at radius 2 is 2.00 bits per heavy atom. The highest BCUT2D eigenvalue weighted by Crippen LogP contribution is 2.28. The van der Waals surface area contributed by atoms with E-state index in [0.717, 1.165) is 58.8 Å². The van der Waals surface area contributed by atoms with Gasteiger partial charge < -0.3 is 15.2 Å². The zero-order valence-electron chi connectivity index (χ0n) is 11.7. The van der Waals surface area contributed by atoms with E-state index in [4.69, 9.17) is 15.2 Å². The zero-order chi connectivity index (χ0) is 12.8. The van der Waals surface area contributed by atoms with Crippen molar-refractivity contribution in [3.8, 4) is 0 Å². The molecule has 0 aromatic carbocycles. The molecule has 4 nitrogen and oxygen atoms in total. The molecule has 2 N–H and O–H groups in total. The van der Waals surface area contributed by atoms with Crippen LogP contribution in [0.25, 0.3) is 0 Å². The molecule has 0 aromatic rings. The highest BCUT2D eigenvalue weighted by atomic mass is 16.5. The van der Waals surface area contributed by atoms with Crippen LogP contribution in [0.15, 0.2) is 0 Å². The van der Waals surface area contributed by atoms with Crippen molar-refractivity contribution in [2.24, 2.45) is 11.7 Å². The fourth-order valence-corrected chi connectivity index (χ4v) is 3.27. The van der Waals surface area contributed by atoms with Crippen LogP contribution in [0.2, 0.25) is 0 Å². The molecular formula is C14H28N2O2. The monoisotopic (exact) mass is 256 g/mol. The number of nitrogens with zero attached hydrogens (tertiary/aromatic N) is 1. The van der Waals surface area contributed by atoms with Gasteiger partial charge in [0.05, 0.1) is 6.61 Å². The Kier molecular flexibility index (Phi) is 5.42. The van der Waals surface area contributed by atoms with E-state index < -0.39 is 0 Å². The van der Waals surface area contributed by atoms with Crippen molar-refractivity contribution in [1.29, 1.82) is 0 Å². The molecule has 18 heavy (non-hydrogen) atoms. The van der Waals surface area contributed by atoms with Crippen LogP contribution in [0.5, 0.6) is 0 Å². The molecule has 0 spiro atoms. The third-order valence-electron chi connectivity index (χ3n) is 4.62. The van der Waals surface area contributed by atoms with Crippen molar-refractivity contribution in [3.05, 3.63) is 0 Å². The van der Waals surface area contributed by atoms with Gasteiger partial charge in [0.15, 0.2) is 0 Å². The first-order valence-electron chi connectivity index (χ1n) is 7.34. The Bertz CT molecular complexity index is 234. The van der Waals surface area contributed by atoms with Crippen molar-refractivity contribution in [1.82, 2.24) is 4.90 Å². The molecule has 0 radical (unpaired) electrons. The van der Waals surface area contributed by atoms with Gasteiger partial charge in [0.1, 0.15) is 0 Å². The molecule has 0 saturated carbocycles. The lowest BCUT2D eigenvalue weighted by molar-refractivity contribution is 0.0148. The van der Waals surface area contributed by atoms with E-state index in [1.807, 2.05) is 0 Å². The minimum Gasteiger partial charge on any atom is -0.381 e. The van der Waals surface area contributed by atoms with E-state index in [0.29, 0.717) is 5.92 Å². The third-order valence-corrected chi connectivity index (χ3v) is 4.62. The quantitative estimate of drug-likeness (QED) is 0.822. The highest BCUT2D eigenvalue weighted by molar-refractivity contribution is 4.92. The minimum absolute atomic E-state index is 0.147. The summed E-state index contributed by atoms with van der Waals surface area (Å²) in [5.74, 6) is 0.677. The summed E-state index contributed by atoms with van der Waals surface area (Å²) in [5.41, 5.74) is 6.23. The van der Waals surface area contributed by atoms with Crippen LogP contribution in [-0.4, -0.2) is 57.0 Å². The summed E-state index contributed by atoms with van der Waals surface area (Å²) in [6, 6.07) is 0. The van der Waals surface area contributed by atoms with E-state index in [2.05, 4.69) is 11.9 Å². The standard InChI is InChI=1S/C14H28N2O2/c1-16(10-13-4-2-7-18-11-13)14(12-15)5-3-8-17-9-6-14/h13H,2-12,15H2,1H3. The van der Waals surface area contributed by atoms with Crippen LogP contribution in [0.3, 0.4) is 0 Å². The molecule has 0 amide bonds. The van der Waals surface area contributed by atoms with Gasteiger partial charge in [-0.2, -0.15) is 0 Å². The molecule has 4 heteroatoms. The average molecular weight is 256 g/mol. The van der Waals surface area contributed by atoms with Crippen molar-refractivity contribution in [2.75, 3.05) is 46.6 Å². The fraction of sp³-hybridized carbons (Fsp3) is 1.00. The van der Waals surface area contributed by atoms with Gasteiger partial charge in [-0.05, 0) is 45.1 Å². The normalized spacial score (nSPS) is 34.5. The molecule has 0 bridgehead atoms. The van der Waals surface area contributed by atoms with Gasteiger partial charge in [0, 0.05) is 38.4 Å². The molecular weight excluding hydrogens is 228 g/mol. The van der Waals surface area contributed by atoms with Crippen LogP contribution in [0, 0.1) is 5.92 Å². The van der Waals surface area contributed by atoms with Crippen molar-refractivity contribution in [2.45, 2.75) is 37.6 Å². The lowest BCUT2D eigenvalue weighted by Crippen LogP contribution is -2.54. The minimum atomic E-state index is 0.147. The first-order valence-corrected chi connectivity index (χ1v) is 7.34. The largest absolute Gasteiger partial charge is 0.381 e. The molecule has 2 heterocycles. The summed E-state index contributed by atoms with van der Waals surface area (Å²) in [6.45, 7) is 5.44.